The van der Waals surface area contributed by atoms with Gasteiger partial charge in [0.15, 0.2) is 11.6 Å². The molecule has 1 amide bonds. The number of fused-ring (bicyclic) bond motifs is 2. The first-order valence-electron chi connectivity index (χ1n) is 10.7. The molecule has 0 saturated heterocycles. The van der Waals surface area contributed by atoms with Crippen LogP contribution < -0.4 is 10.2 Å². The number of aromatic amines is 1. The Balaban J connectivity index is 1.43. The number of halogens is 3. The quantitative estimate of drug-likeness (QED) is 0.372. The maximum absolute atomic E-state index is 15.7. The van der Waals surface area contributed by atoms with E-state index in [1.54, 1.807) is 60.6 Å². The van der Waals surface area contributed by atoms with Gasteiger partial charge in [-0.15, -0.1) is 0 Å². The molecule has 1 aromatic carbocycles. The van der Waals surface area contributed by atoms with Crippen LogP contribution in [-0.4, -0.2) is 48.9 Å². The van der Waals surface area contributed by atoms with E-state index in [-0.39, 0.29) is 17.1 Å². The van der Waals surface area contributed by atoms with E-state index in [0.717, 1.165) is 0 Å². The predicted octanol–water partition coefficient (Wildman–Crippen LogP) is 4.52. The molecule has 5 aromatic rings. The molecule has 4 heterocycles. The van der Waals surface area contributed by atoms with E-state index >= 15 is 4.39 Å². The molecule has 176 valence electrons. The minimum atomic E-state index is -1.09. The number of amides is 1. The van der Waals surface area contributed by atoms with Crippen LogP contribution in [0, 0.1) is 11.7 Å². The number of hydrogen-bond acceptors (Lipinski definition) is 6. The monoisotopic (exact) mass is 494 g/mol. The molecule has 9 nitrogen and oxygen atoms in total. The van der Waals surface area contributed by atoms with Gasteiger partial charge in [0.1, 0.15) is 11.9 Å². The first kappa shape index (κ1) is 21.4. The fourth-order valence-corrected chi connectivity index (χ4v) is 4.43. The summed E-state index contributed by atoms with van der Waals surface area (Å²) in [7, 11) is 1.64. The van der Waals surface area contributed by atoms with Crippen molar-refractivity contribution in [1.82, 2.24) is 29.8 Å². The second kappa shape index (κ2) is 7.98. The zero-order valence-electron chi connectivity index (χ0n) is 18.2. The van der Waals surface area contributed by atoms with Crippen molar-refractivity contribution in [2.24, 2.45) is 5.92 Å². The van der Waals surface area contributed by atoms with Gasteiger partial charge in [-0.05, 0) is 30.2 Å². The molecule has 2 N–H and O–H groups in total. The van der Waals surface area contributed by atoms with Crippen molar-refractivity contribution in [3.8, 4) is 11.1 Å². The van der Waals surface area contributed by atoms with E-state index in [1.807, 2.05) is 0 Å². The number of anilines is 3. The summed E-state index contributed by atoms with van der Waals surface area (Å²) in [6.45, 7) is 0. The second-order valence-electron chi connectivity index (χ2n) is 8.28. The van der Waals surface area contributed by atoms with Gasteiger partial charge in [-0.25, -0.2) is 23.3 Å². The Hall–Kier alpha value is -4.12. The Bertz CT molecular complexity index is 1600. The van der Waals surface area contributed by atoms with Gasteiger partial charge >= 0.3 is 0 Å². The van der Waals surface area contributed by atoms with Crippen molar-refractivity contribution in [2.75, 3.05) is 17.3 Å². The van der Waals surface area contributed by atoms with Gasteiger partial charge in [0.05, 0.1) is 28.2 Å². The Kier molecular flexibility index (Phi) is 4.88. The number of alkyl halides is 1. The average molecular weight is 495 g/mol. The molecule has 0 spiro atoms. The number of pyridine rings is 1. The molecule has 2 unspecified atom stereocenters. The average Bonchev–Trinajstić information content (AvgIpc) is 3.22. The molecular formula is C23H17ClF2N8O. The molecule has 6 rings (SSSR count). The van der Waals surface area contributed by atoms with Crippen molar-refractivity contribution in [3.05, 3.63) is 59.9 Å². The van der Waals surface area contributed by atoms with Crippen molar-refractivity contribution < 1.29 is 13.6 Å². The van der Waals surface area contributed by atoms with Gasteiger partial charge in [-0.2, -0.15) is 10.2 Å². The van der Waals surface area contributed by atoms with Crippen LogP contribution >= 0.6 is 11.6 Å². The van der Waals surface area contributed by atoms with E-state index in [9.17, 15) is 9.18 Å². The molecule has 0 bridgehead atoms. The molecule has 35 heavy (non-hydrogen) atoms. The summed E-state index contributed by atoms with van der Waals surface area (Å²) < 4.78 is 30.4. The number of aromatic nitrogens is 6. The van der Waals surface area contributed by atoms with Crippen LogP contribution in [0.3, 0.4) is 0 Å². The van der Waals surface area contributed by atoms with Crippen molar-refractivity contribution in [1.29, 1.82) is 0 Å². The maximum atomic E-state index is 15.7. The normalized spacial score (nSPS) is 17.1. The lowest BCUT2D eigenvalue weighted by atomic mass is 10.0. The summed E-state index contributed by atoms with van der Waals surface area (Å²) in [5.74, 6) is -1.07. The summed E-state index contributed by atoms with van der Waals surface area (Å²) in [4.78, 5) is 21.9. The third-order valence-corrected chi connectivity index (χ3v) is 6.36. The SMILES string of the molecule is CN(c1ncccn1)c1c(F)c(Cl)c(-c2ccn3nc(NC(=O)C4CC4F)cc3c2)c2cn[nH]c12. The van der Waals surface area contributed by atoms with Gasteiger partial charge < -0.3 is 10.2 Å². The molecule has 1 aliphatic carbocycles. The van der Waals surface area contributed by atoms with Crippen LogP contribution in [0.25, 0.3) is 27.5 Å². The third kappa shape index (κ3) is 3.55. The van der Waals surface area contributed by atoms with E-state index in [2.05, 4.69) is 30.6 Å². The largest absolute Gasteiger partial charge is 0.309 e. The second-order valence-corrected chi connectivity index (χ2v) is 8.66. The summed E-state index contributed by atoms with van der Waals surface area (Å²) in [6.07, 6.45) is 5.52. The van der Waals surface area contributed by atoms with E-state index in [0.29, 0.717) is 39.3 Å². The predicted molar refractivity (Wildman–Crippen MR) is 127 cm³/mol. The summed E-state index contributed by atoms with van der Waals surface area (Å²) in [5, 5.41) is 14.4. The highest BCUT2D eigenvalue weighted by Crippen LogP contribution is 2.43. The van der Waals surface area contributed by atoms with Gasteiger partial charge in [0, 0.05) is 42.7 Å². The summed E-state index contributed by atoms with van der Waals surface area (Å²) >= 11 is 6.58. The number of rotatable bonds is 5. The summed E-state index contributed by atoms with van der Waals surface area (Å²) in [6, 6.07) is 6.83. The van der Waals surface area contributed by atoms with Crippen LogP contribution in [0.1, 0.15) is 6.42 Å². The van der Waals surface area contributed by atoms with E-state index < -0.39 is 23.8 Å². The number of nitrogens with zero attached hydrogens (tertiary/aromatic N) is 6. The highest BCUT2D eigenvalue weighted by atomic mass is 35.5. The smallest absolute Gasteiger partial charge is 0.231 e. The van der Waals surface area contributed by atoms with Crippen molar-refractivity contribution >= 4 is 51.4 Å². The molecule has 0 radical (unpaired) electrons. The molecule has 4 aromatic heterocycles. The molecular weight excluding hydrogens is 478 g/mol. The minimum Gasteiger partial charge on any atom is -0.309 e. The first-order valence-corrected chi connectivity index (χ1v) is 11.1. The third-order valence-electron chi connectivity index (χ3n) is 6.01. The van der Waals surface area contributed by atoms with E-state index in [1.165, 1.54) is 4.90 Å². The maximum Gasteiger partial charge on any atom is 0.231 e. The molecule has 1 aliphatic rings. The lowest BCUT2D eigenvalue weighted by molar-refractivity contribution is -0.117. The Morgan fingerprint density at radius 2 is 2.09 bits per heavy atom. The molecule has 1 fully saturated rings. The van der Waals surface area contributed by atoms with Gasteiger partial charge in [0.25, 0.3) is 0 Å². The van der Waals surface area contributed by atoms with E-state index in [4.69, 9.17) is 11.6 Å². The Morgan fingerprint density at radius 1 is 1.31 bits per heavy atom. The van der Waals surface area contributed by atoms with Crippen LogP contribution in [0.4, 0.5) is 26.2 Å². The fraction of sp³-hybridized carbons (Fsp3) is 0.174. The number of carbonyl (C=O) groups is 1. The van der Waals surface area contributed by atoms with Crippen LogP contribution in [0.5, 0.6) is 0 Å². The standard InChI is InChI=1S/C23H17ClF2N8O/c1-33(23-27-4-2-5-28-23)21-19(26)18(24)17(14-10-29-31-20(14)21)11-3-6-34-12(7-11)8-16(32-34)30-22(35)13-9-15(13)25/h2-8,10,13,15H,9H2,1H3,(H,29,31)(H,30,32,35). The number of carbonyl (C=O) groups excluding carboxylic acids is 1. The zero-order chi connectivity index (χ0) is 24.3. The van der Waals surface area contributed by atoms with Gasteiger partial charge in [-0.3, -0.25) is 9.89 Å². The highest BCUT2D eigenvalue weighted by Gasteiger charge is 2.43. The van der Waals surface area contributed by atoms with Gasteiger partial charge in [-0.1, -0.05) is 11.6 Å². The molecule has 0 aliphatic heterocycles. The highest BCUT2D eigenvalue weighted by molar-refractivity contribution is 6.36. The fourth-order valence-electron chi connectivity index (χ4n) is 4.12. The molecule has 12 heteroatoms. The van der Waals surface area contributed by atoms with Crippen LogP contribution in [-0.2, 0) is 4.79 Å². The number of nitrogens with one attached hydrogen (secondary N) is 2. The first-order chi connectivity index (χ1) is 16.9. The summed E-state index contributed by atoms with van der Waals surface area (Å²) in [5.41, 5.74) is 2.31. The number of benzene rings is 1. The Labute approximate surface area is 201 Å². The van der Waals surface area contributed by atoms with Gasteiger partial charge in [0.2, 0.25) is 11.9 Å². The minimum absolute atomic E-state index is 0.0863. The van der Waals surface area contributed by atoms with Crippen LogP contribution in [0.15, 0.2) is 49.1 Å². The lowest BCUT2D eigenvalue weighted by Crippen LogP contribution is -2.15. The number of H-pyrrole nitrogens is 1. The van der Waals surface area contributed by atoms with Crippen molar-refractivity contribution in [2.45, 2.75) is 12.6 Å². The Morgan fingerprint density at radius 3 is 2.83 bits per heavy atom. The van der Waals surface area contributed by atoms with Crippen molar-refractivity contribution in [3.63, 3.8) is 0 Å². The number of hydrogen-bond donors (Lipinski definition) is 2. The zero-order valence-corrected chi connectivity index (χ0v) is 19.0. The lowest BCUT2D eigenvalue weighted by Gasteiger charge is -2.20. The topological polar surface area (TPSA) is 104 Å². The van der Waals surface area contributed by atoms with Crippen LogP contribution in [0.2, 0.25) is 5.02 Å². The molecule has 1 saturated carbocycles. The molecule has 2 atom stereocenters.